The number of carbonyl (C=O) groups is 1. The summed E-state index contributed by atoms with van der Waals surface area (Å²) in [6.45, 7) is 0.654. The smallest absolute Gasteiger partial charge is 0.269 e. The number of nitrogens with one attached hydrogen (secondary N) is 1. The first-order valence-electron chi connectivity index (χ1n) is 7.22. The number of nitro benzene ring substituents is 1. The summed E-state index contributed by atoms with van der Waals surface area (Å²) in [5.74, 6) is -0.315. The lowest BCUT2D eigenvalue weighted by Gasteiger charge is -2.08. The molecule has 1 aromatic heterocycles. The molecule has 7 nitrogen and oxygen atoms in total. The van der Waals surface area contributed by atoms with E-state index in [1.54, 1.807) is 18.6 Å². The summed E-state index contributed by atoms with van der Waals surface area (Å²) in [7, 11) is 0. The average Bonchev–Trinajstić information content (AvgIpc) is 3.08. The highest BCUT2D eigenvalue weighted by Crippen LogP contribution is 2.16. The molecule has 0 aliphatic carbocycles. The summed E-state index contributed by atoms with van der Waals surface area (Å²) < 4.78 is 1.93. The number of carbonyl (C=O) groups excluding carboxylic acids is 1. The van der Waals surface area contributed by atoms with Gasteiger partial charge in [-0.25, -0.2) is 4.98 Å². The molecule has 0 aliphatic rings. The molecule has 0 saturated carbocycles. The van der Waals surface area contributed by atoms with Gasteiger partial charge in [0, 0.05) is 42.3 Å². The van der Waals surface area contributed by atoms with Gasteiger partial charge in [0.15, 0.2) is 0 Å². The van der Waals surface area contributed by atoms with Gasteiger partial charge in [0.2, 0.25) is 0 Å². The Kier molecular flexibility index (Phi) is 4.33. The molecule has 0 aliphatic heterocycles. The Hall–Kier alpha value is -3.48. The minimum Gasteiger partial charge on any atom is -0.333 e. The highest BCUT2D eigenvalue weighted by atomic mass is 16.6. The first-order chi connectivity index (χ1) is 11.6. The molecule has 1 amide bonds. The minimum atomic E-state index is -0.499. The number of nitro groups is 1. The highest BCUT2D eigenvalue weighted by Gasteiger charge is 2.10. The van der Waals surface area contributed by atoms with Crippen molar-refractivity contribution in [1.29, 1.82) is 0 Å². The summed E-state index contributed by atoms with van der Waals surface area (Å²) in [6.07, 6.45) is 5.30. The van der Waals surface area contributed by atoms with Gasteiger partial charge in [-0.2, -0.15) is 0 Å². The highest BCUT2D eigenvalue weighted by molar-refractivity contribution is 6.04. The van der Waals surface area contributed by atoms with Crippen molar-refractivity contribution in [3.63, 3.8) is 0 Å². The van der Waals surface area contributed by atoms with Gasteiger partial charge in [-0.15, -0.1) is 0 Å². The Morgan fingerprint density at radius 3 is 2.67 bits per heavy atom. The van der Waals surface area contributed by atoms with Crippen LogP contribution in [0.3, 0.4) is 0 Å². The second kappa shape index (κ2) is 6.74. The van der Waals surface area contributed by atoms with E-state index in [1.165, 1.54) is 24.3 Å². The van der Waals surface area contributed by atoms with Crippen LogP contribution in [0.1, 0.15) is 15.9 Å². The maximum atomic E-state index is 12.2. The molecule has 0 radical (unpaired) electrons. The molecule has 0 bridgehead atoms. The molecule has 0 atom stereocenters. The Morgan fingerprint density at radius 1 is 1.21 bits per heavy atom. The predicted molar refractivity (Wildman–Crippen MR) is 88.8 cm³/mol. The van der Waals surface area contributed by atoms with Crippen LogP contribution in [0.2, 0.25) is 0 Å². The number of amides is 1. The molecular formula is C17H14N4O3. The normalized spacial score (nSPS) is 10.3. The van der Waals surface area contributed by atoms with Crippen molar-refractivity contribution in [2.24, 2.45) is 0 Å². The lowest BCUT2D eigenvalue weighted by Crippen LogP contribution is -2.12. The van der Waals surface area contributed by atoms with Crippen LogP contribution in [0.15, 0.2) is 67.3 Å². The van der Waals surface area contributed by atoms with Gasteiger partial charge < -0.3 is 9.88 Å². The Labute approximate surface area is 137 Å². The van der Waals surface area contributed by atoms with E-state index < -0.39 is 4.92 Å². The van der Waals surface area contributed by atoms with Crippen LogP contribution < -0.4 is 5.32 Å². The van der Waals surface area contributed by atoms with E-state index in [2.05, 4.69) is 10.3 Å². The van der Waals surface area contributed by atoms with Crippen LogP contribution in [-0.4, -0.2) is 20.4 Å². The van der Waals surface area contributed by atoms with Gasteiger partial charge in [0.05, 0.1) is 11.3 Å². The maximum Gasteiger partial charge on any atom is 0.269 e. The third kappa shape index (κ3) is 3.64. The SMILES string of the molecule is O=C(Nc1cccc(Cn2ccnc2)c1)c1ccc([N+](=O)[O-])cc1. The predicted octanol–water partition coefficient (Wildman–Crippen LogP) is 3.09. The van der Waals surface area contributed by atoms with Crippen molar-refractivity contribution in [1.82, 2.24) is 9.55 Å². The van der Waals surface area contributed by atoms with Crippen molar-refractivity contribution in [2.75, 3.05) is 5.32 Å². The number of aromatic nitrogens is 2. The Balaban J connectivity index is 1.71. The zero-order valence-electron chi connectivity index (χ0n) is 12.6. The van der Waals surface area contributed by atoms with Crippen molar-refractivity contribution < 1.29 is 9.72 Å². The monoisotopic (exact) mass is 322 g/mol. The van der Waals surface area contributed by atoms with Crippen LogP contribution in [0.4, 0.5) is 11.4 Å². The number of nitrogens with zero attached hydrogens (tertiary/aromatic N) is 3. The number of imidazole rings is 1. The number of benzene rings is 2. The number of hydrogen-bond acceptors (Lipinski definition) is 4. The molecule has 120 valence electrons. The minimum absolute atomic E-state index is 0.0473. The zero-order chi connectivity index (χ0) is 16.9. The topological polar surface area (TPSA) is 90.1 Å². The molecule has 3 aromatic rings. The first kappa shape index (κ1) is 15.4. The van der Waals surface area contributed by atoms with Gasteiger partial charge >= 0.3 is 0 Å². The largest absolute Gasteiger partial charge is 0.333 e. The first-order valence-corrected chi connectivity index (χ1v) is 7.22. The van der Waals surface area contributed by atoms with Crippen molar-refractivity contribution >= 4 is 17.3 Å². The maximum absolute atomic E-state index is 12.2. The summed E-state index contributed by atoms with van der Waals surface area (Å²) in [5.41, 5.74) is 2.00. The lowest BCUT2D eigenvalue weighted by molar-refractivity contribution is -0.384. The molecule has 0 fully saturated rings. The average molecular weight is 322 g/mol. The fraction of sp³-hybridized carbons (Fsp3) is 0.0588. The fourth-order valence-electron chi connectivity index (χ4n) is 2.28. The van der Waals surface area contributed by atoms with E-state index >= 15 is 0 Å². The van der Waals surface area contributed by atoms with Gasteiger partial charge in [-0.1, -0.05) is 12.1 Å². The summed E-state index contributed by atoms with van der Waals surface area (Å²) >= 11 is 0. The van der Waals surface area contributed by atoms with Crippen molar-refractivity contribution in [2.45, 2.75) is 6.54 Å². The second-order valence-corrected chi connectivity index (χ2v) is 5.19. The van der Waals surface area contributed by atoms with E-state index in [0.29, 0.717) is 17.8 Å². The fourth-order valence-corrected chi connectivity index (χ4v) is 2.28. The van der Waals surface area contributed by atoms with Crippen LogP contribution >= 0.6 is 0 Å². The molecule has 0 saturated heterocycles. The Morgan fingerprint density at radius 2 is 2.00 bits per heavy atom. The van der Waals surface area contributed by atoms with Gasteiger partial charge in [-0.3, -0.25) is 14.9 Å². The molecule has 7 heteroatoms. The standard InChI is InChI=1S/C17H14N4O3/c22-17(14-4-6-16(7-5-14)21(23)24)19-15-3-1-2-13(10-15)11-20-9-8-18-12-20/h1-10,12H,11H2,(H,19,22). The quantitative estimate of drug-likeness (QED) is 0.577. The van der Waals surface area contributed by atoms with E-state index in [1.807, 2.05) is 29.0 Å². The second-order valence-electron chi connectivity index (χ2n) is 5.19. The molecule has 0 spiro atoms. The van der Waals surface area contributed by atoms with E-state index in [9.17, 15) is 14.9 Å². The van der Waals surface area contributed by atoms with E-state index in [-0.39, 0.29) is 11.6 Å². The molecule has 1 N–H and O–H groups in total. The van der Waals surface area contributed by atoms with E-state index in [4.69, 9.17) is 0 Å². The number of rotatable bonds is 5. The van der Waals surface area contributed by atoms with Crippen LogP contribution in [-0.2, 0) is 6.54 Å². The summed E-state index contributed by atoms with van der Waals surface area (Å²) in [4.78, 5) is 26.4. The third-order valence-corrected chi connectivity index (χ3v) is 3.45. The molecule has 2 aromatic carbocycles. The van der Waals surface area contributed by atoms with Crippen LogP contribution in [0.5, 0.6) is 0 Å². The van der Waals surface area contributed by atoms with Crippen LogP contribution in [0.25, 0.3) is 0 Å². The molecule has 3 rings (SSSR count). The van der Waals surface area contributed by atoms with Crippen molar-refractivity contribution in [3.8, 4) is 0 Å². The third-order valence-electron chi connectivity index (χ3n) is 3.45. The molecule has 0 unspecified atom stereocenters. The van der Waals surface area contributed by atoms with Crippen molar-refractivity contribution in [3.05, 3.63) is 88.5 Å². The zero-order valence-corrected chi connectivity index (χ0v) is 12.6. The van der Waals surface area contributed by atoms with Gasteiger partial charge in [0.1, 0.15) is 0 Å². The number of non-ortho nitro benzene ring substituents is 1. The van der Waals surface area contributed by atoms with Crippen LogP contribution in [0, 0.1) is 10.1 Å². The summed E-state index contributed by atoms with van der Waals surface area (Å²) in [6, 6.07) is 13.0. The Bertz CT molecular complexity index is 858. The molecule has 24 heavy (non-hydrogen) atoms. The summed E-state index contributed by atoms with van der Waals surface area (Å²) in [5, 5.41) is 13.4. The van der Waals surface area contributed by atoms with Gasteiger partial charge in [-0.05, 0) is 29.8 Å². The molecular weight excluding hydrogens is 308 g/mol. The molecule has 1 heterocycles. The van der Waals surface area contributed by atoms with E-state index in [0.717, 1.165) is 5.56 Å². The number of anilines is 1. The number of hydrogen-bond donors (Lipinski definition) is 1. The van der Waals surface area contributed by atoms with Gasteiger partial charge in [0.25, 0.3) is 11.6 Å². The lowest BCUT2D eigenvalue weighted by atomic mass is 10.1.